The van der Waals surface area contributed by atoms with Crippen LogP contribution in [0.15, 0.2) is 0 Å². The van der Waals surface area contributed by atoms with Crippen LogP contribution in [-0.2, 0) is 4.74 Å². The number of ether oxygens (including phenoxy) is 1. The van der Waals surface area contributed by atoms with E-state index in [1.165, 1.54) is 11.3 Å². The van der Waals surface area contributed by atoms with E-state index in [1.54, 1.807) is 11.9 Å². The molecule has 1 aliphatic rings. The molecule has 16 heavy (non-hydrogen) atoms. The van der Waals surface area contributed by atoms with Crippen LogP contribution in [-0.4, -0.2) is 53.9 Å². The molecule has 0 aliphatic carbocycles. The Morgan fingerprint density at radius 3 is 3.06 bits per heavy atom. The maximum Gasteiger partial charge on any atom is 0.285 e. The Hall–Kier alpha value is -1.21. The molecule has 0 saturated carbocycles. The number of anilines is 1. The van der Waals surface area contributed by atoms with Crippen molar-refractivity contribution in [2.24, 2.45) is 0 Å². The number of hydrogen-bond acceptors (Lipinski definition) is 6. The molecule has 7 heteroatoms. The second kappa shape index (κ2) is 4.75. The molecule has 2 heterocycles. The highest BCUT2D eigenvalue weighted by atomic mass is 32.1. The predicted octanol–water partition coefficient (Wildman–Crippen LogP) is 0.441. The molecule has 0 aromatic carbocycles. The third-order valence-electron chi connectivity index (χ3n) is 2.35. The minimum atomic E-state index is -0.0610. The average Bonchev–Trinajstić information content (AvgIpc) is 2.76. The van der Waals surface area contributed by atoms with Crippen LogP contribution in [0.1, 0.15) is 16.7 Å². The molecule has 1 aromatic rings. The topological polar surface area (TPSA) is 67.4 Å². The number of nitrogens with zero attached hydrogens (tertiary/aromatic N) is 3. The molecule has 1 unspecified atom stereocenters. The Bertz CT molecular complexity index is 381. The molecule has 1 amide bonds. The van der Waals surface area contributed by atoms with Crippen molar-refractivity contribution in [1.29, 1.82) is 0 Å². The van der Waals surface area contributed by atoms with Crippen molar-refractivity contribution in [1.82, 2.24) is 15.1 Å². The number of morpholine rings is 1. The normalized spacial score (nSPS) is 20.9. The van der Waals surface area contributed by atoms with E-state index in [9.17, 15) is 4.79 Å². The monoisotopic (exact) mass is 242 g/mol. The highest BCUT2D eigenvalue weighted by molar-refractivity contribution is 7.17. The minimum Gasteiger partial charge on any atom is -0.375 e. The van der Waals surface area contributed by atoms with Crippen LogP contribution in [0, 0.1) is 0 Å². The molecule has 0 bridgehead atoms. The molecule has 1 N–H and O–H groups in total. The van der Waals surface area contributed by atoms with Crippen LogP contribution >= 0.6 is 11.3 Å². The van der Waals surface area contributed by atoms with Gasteiger partial charge in [0, 0.05) is 20.1 Å². The van der Waals surface area contributed by atoms with Crippen molar-refractivity contribution in [2.45, 2.75) is 13.0 Å². The Kier molecular flexibility index (Phi) is 3.35. The largest absolute Gasteiger partial charge is 0.375 e. The van der Waals surface area contributed by atoms with E-state index in [2.05, 4.69) is 15.5 Å². The van der Waals surface area contributed by atoms with Crippen molar-refractivity contribution in [3.8, 4) is 0 Å². The number of nitrogens with one attached hydrogen (secondary N) is 1. The summed E-state index contributed by atoms with van der Waals surface area (Å²) in [5.74, 6) is -0.0610. The van der Waals surface area contributed by atoms with E-state index in [4.69, 9.17) is 4.74 Å². The number of hydrogen-bond donors (Lipinski definition) is 1. The van der Waals surface area contributed by atoms with Gasteiger partial charge < -0.3 is 15.0 Å². The van der Waals surface area contributed by atoms with Gasteiger partial charge in [0.05, 0.1) is 12.7 Å². The number of rotatable bonds is 2. The van der Waals surface area contributed by atoms with E-state index < -0.39 is 0 Å². The van der Waals surface area contributed by atoms with E-state index in [1.807, 2.05) is 6.92 Å². The lowest BCUT2D eigenvalue weighted by Crippen LogP contribution is -2.44. The van der Waals surface area contributed by atoms with Gasteiger partial charge >= 0.3 is 0 Å². The number of carbonyl (C=O) groups is 1. The molecule has 0 radical (unpaired) electrons. The van der Waals surface area contributed by atoms with E-state index in [0.717, 1.165) is 0 Å². The summed E-state index contributed by atoms with van der Waals surface area (Å²) < 4.78 is 5.38. The van der Waals surface area contributed by atoms with E-state index in [-0.39, 0.29) is 12.0 Å². The van der Waals surface area contributed by atoms with Gasteiger partial charge in [-0.15, -0.1) is 10.2 Å². The van der Waals surface area contributed by atoms with Crippen LogP contribution in [0.3, 0.4) is 0 Å². The van der Waals surface area contributed by atoms with Gasteiger partial charge in [-0.05, 0) is 6.92 Å². The number of carbonyl (C=O) groups excluding carboxylic acids is 1. The summed E-state index contributed by atoms with van der Waals surface area (Å²) in [5, 5.41) is 11.7. The lowest BCUT2D eigenvalue weighted by molar-refractivity contribution is -0.0124. The summed E-state index contributed by atoms with van der Waals surface area (Å²) >= 11 is 1.27. The zero-order chi connectivity index (χ0) is 11.5. The number of amides is 1. The van der Waals surface area contributed by atoms with Crippen LogP contribution in [0.2, 0.25) is 0 Å². The summed E-state index contributed by atoms with van der Waals surface area (Å²) in [6, 6.07) is 0. The fourth-order valence-electron chi connectivity index (χ4n) is 1.55. The third kappa shape index (κ3) is 2.30. The van der Waals surface area contributed by atoms with Crippen LogP contribution in [0.5, 0.6) is 0 Å². The van der Waals surface area contributed by atoms with E-state index >= 15 is 0 Å². The highest BCUT2D eigenvalue weighted by Crippen LogP contribution is 2.17. The quantitative estimate of drug-likeness (QED) is 0.815. The van der Waals surface area contributed by atoms with Crippen LogP contribution in [0.25, 0.3) is 0 Å². The van der Waals surface area contributed by atoms with Gasteiger partial charge in [-0.2, -0.15) is 0 Å². The van der Waals surface area contributed by atoms with Gasteiger partial charge in [0.1, 0.15) is 0 Å². The summed E-state index contributed by atoms with van der Waals surface area (Å²) in [6.07, 6.45) is 0.0920. The van der Waals surface area contributed by atoms with Crippen molar-refractivity contribution >= 4 is 22.4 Å². The van der Waals surface area contributed by atoms with E-state index in [0.29, 0.717) is 29.8 Å². The summed E-state index contributed by atoms with van der Waals surface area (Å²) in [5.41, 5.74) is 0. The molecule has 88 valence electrons. The molecule has 1 aliphatic heterocycles. The van der Waals surface area contributed by atoms with Crippen molar-refractivity contribution in [3.63, 3.8) is 0 Å². The standard InChI is InChI=1S/C9H14N4O2S/c1-6-5-13(3-4-15-6)8(14)7-11-12-9(10-2)16-7/h6H,3-5H2,1-2H3,(H,10,12). The zero-order valence-electron chi connectivity index (χ0n) is 9.27. The maximum absolute atomic E-state index is 12.0. The van der Waals surface area contributed by atoms with Crippen molar-refractivity contribution < 1.29 is 9.53 Å². The first kappa shape index (κ1) is 11.3. The third-order valence-corrected chi connectivity index (χ3v) is 3.28. The molecular weight excluding hydrogens is 228 g/mol. The van der Waals surface area contributed by atoms with Gasteiger partial charge in [0.15, 0.2) is 0 Å². The Morgan fingerprint density at radius 1 is 1.62 bits per heavy atom. The Morgan fingerprint density at radius 2 is 2.44 bits per heavy atom. The van der Waals surface area contributed by atoms with Crippen LogP contribution < -0.4 is 5.32 Å². The van der Waals surface area contributed by atoms with Crippen molar-refractivity contribution in [2.75, 3.05) is 32.1 Å². The molecular formula is C9H14N4O2S. The zero-order valence-corrected chi connectivity index (χ0v) is 10.1. The second-order valence-electron chi connectivity index (χ2n) is 3.59. The summed E-state index contributed by atoms with van der Waals surface area (Å²) in [7, 11) is 1.76. The first-order valence-electron chi connectivity index (χ1n) is 5.13. The minimum absolute atomic E-state index is 0.0610. The van der Waals surface area contributed by atoms with Gasteiger partial charge in [0.2, 0.25) is 10.1 Å². The molecule has 6 nitrogen and oxygen atoms in total. The van der Waals surface area contributed by atoms with Gasteiger partial charge in [0.25, 0.3) is 5.91 Å². The van der Waals surface area contributed by atoms with Gasteiger partial charge in [-0.3, -0.25) is 4.79 Å². The Balaban J connectivity index is 2.06. The smallest absolute Gasteiger partial charge is 0.285 e. The SMILES string of the molecule is CNc1nnc(C(=O)N2CCOC(C)C2)s1. The first-order chi connectivity index (χ1) is 7.70. The lowest BCUT2D eigenvalue weighted by Gasteiger charge is -2.30. The fraction of sp³-hybridized carbons (Fsp3) is 0.667. The molecule has 2 rings (SSSR count). The van der Waals surface area contributed by atoms with Gasteiger partial charge in [-0.1, -0.05) is 11.3 Å². The number of aromatic nitrogens is 2. The molecule has 1 atom stereocenters. The maximum atomic E-state index is 12.0. The molecule has 0 spiro atoms. The predicted molar refractivity (Wildman–Crippen MR) is 60.8 cm³/mol. The van der Waals surface area contributed by atoms with Crippen molar-refractivity contribution in [3.05, 3.63) is 5.01 Å². The average molecular weight is 242 g/mol. The molecule has 1 fully saturated rings. The summed E-state index contributed by atoms with van der Waals surface area (Å²) in [6.45, 7) is 3.79. The summed E-state index contributed by atoms with van der Waals surface area (Å²) in [4.78, 5) is 13.8. The first-order valence-corrected chi connectivity index (χ1v) is 5.94. The van der Waals surface area contributed by atoms with Gasteiger partial charge in [-0.25, -0.2) is 0 Å². The fourth-order valence-corrected chi connectivity index (χ4v) is 2.21. The molecule has 1 aromatic heterocycles. The second-order valence-corrected chi connectivity index (χ2v) is 4.57. The molecule has 1 saturated heterocycles. The Labute approximate surface area is 97.6 Å². The van der Waals surface area contributed by atoms with Crippen LogP contribution in [0.4, 0.5) is 5.13 Å². The lowest BCUT2D eigenvalue weighted by atomic mass is 10.3. The highest BCUT2D eigenvalue weighted by Gasteiger charge is 2.24.